The van der Waals surface area contributed by atoms with Crippen molar-refractivity contribution in [1.82, 2.24) is 19.7 Å². The molecule has 1 amide bonds. The summed E-state index contributed by atoms with van der Waals surface area (Å²) in [6, 6.07) is 6.75. The molecule has 2 N–H and O–H groups in total. The third-order valence-corrected chi connectivity index (χ3v) is 5.29. The van der Waals surface area contributed by atoms with Gasteiger partial charge in [0.1, 0.15) is 11.5 Å². The summed E-state index contributed by atoms with van der Waals surface area (Å²) in [4.78, 5) is 31.9. The van der Waals surface area contributed by atoms with Gasteiger partial charge in [-0.15, -0.1) is 0 Å². The van der Waals surface area contributed by atoms with Crippen LogP contribution >= 0.6 is 0 Å². The van der Waals surface area contributed by atoms with Crippen LogP contribution in [0.15, 0.2) is 39.7 Å². The van der Waals surface area contributed by atoms with Crippen LogP contribution in [0, 0.1) is 5.92 Å². The van der Waals surface area contributed by atoms with E-state index in [2.05, 4.69) is 20.4 Å². The number of furan rings is 1. The first-order valence-corrected chi connectivity index (χ1v) is 10.2. The van der Waals surface area contributed by atoms with Crippen molar-refractivity contribution in [1.29, 1.82) is 0 Å². The molecule has 0 saturated heterocycles. The van der Waals surface area contributed by atoms with Crippen molar-refractivity contribution in [2.75, 3.05) is 5.32 Å². The Labute approximate surface area is 168 Å². The van der Waals surface area contributed by atoms with Crippen molar-refractivity contribution in [3.63, 3.8) is 0 Å². The van der Waals surface area contributed by atoms with Gasteiger partial charge in [0.05, 0.1) is 6.26 Å². The molecule has 4 rings (SSSR count). The smallest absolute Gasteiger partial charge is 0.252 e. The lowest BCUT2D eigenvalue weighted by molar-refractivity contribution is -0.117. The van der Waals surface area contributed by atoms with E-state index in [-0.39, 0.29) is 17.4 Å². The molecule has 0 atom stereocenters. The monoisotopic (exact) mass is 395 g/mol. The largest absolute Gasteiger partial charge is 0.463 e. The molecule has 0 unspecified atom stereocenters. The van der Waals surface area contributed by atoms with Gasteiger partial charge in [-0.25, -0.2) is 4.98 Å². The zero-order valence-electron chi connectivity index (χ0n) is 16.5. The van der Waals surface area contributed by atoms with E-state index in [1.807, 2.05) is 6.92 Å². The van der Waals surface area contributed by atoms with Crippen LogP contribution in [0.3, 0.4) is 0 Å². The zero-order chi connectivity index (χ0) is 20.2. The summed E-state index contributed by atoms with van der Waals surface area (Å²) in [6.07, 6.45) is 8.49. The van der Waals surface area contributed by atoms with Crippen LogP contribution in [0.2, 0.25) is 0 Å². The number of aromatic nitrogens is 4. The molecule has 29 heavy (non-hydrogen) atoms. The normalized spacial score (nSPS) is 14.8. The maximum atomic E-state index is 12.7. The quantitative estimate of drug-likeness (QED) is 0.662. The lowest BCUT2D eigenvalue weighted by atomic mass is 9.87. The van der Waals surface area contributed by atoms with E-state index >= 15 is 0 Å². The molecule has 8 heteroatoms. The number of rotatable bonds is 6. The second-order valence-electron chi connectivity index (χ2n) is 7.47. The molecule has 3 aromatic rings. The van der Waals surface area contributed by atoms with Gasteiger partial charge in [-0.05, 0) is 37.3 Å². The average Bonchev–Trinajstić information content (AvgIpc) is 3.38. The number of hydrogen-bond acceptors (Lipinski definition) is 5. The Hall–Kier alpha value is -3.16. The highest BCUT2D eigenvalue weighted by molar-refractivity contribution is 5.90. The molecule has 3 aromatic heterocycles. The topological polar surface area (TPSA) is 106 Å². The maximum absolute atomic E-state index is 12.7. The molecule has 1 aliphatic rings. The number of nitrogens with one attached hydrogen (secondary N) is 2. The Morgan fingerprint density at radius 1 is 1.31 bits per heavy atom. The number of anilines is 1. The number of carbonyl (C=O) groups is 1. The molecule has 0 radical (unpaired) electrons. The van der Waals surface area contributed by atoms with Crippen LogP contribution in [0.4, 0.5) is 5.82 Å². The van der Waals surface area contributed by atoms with Crippen LogP contribution in [0.5, 0.6) is 0 Å². The zero-order valence-corrected chi connectivity index (χ0v) is 16.5. The number of nitrogens with zero attached hydrogens (tertiary/aromatic N) is 3. The molecule has 8 nitrogen and oxygen atoms in total. The molecule has 0 spiro atoms. The van der Waals surface area contributed by atoms with Crippen LogP contribution < -0.4 is 10.9 Å². The fourth-order valence-corrected chi connectivity index (χ4v) is 3.80. The summed E-state index contributed by atoms with van der Waals surface area (Å²) in [5.41, 5.74) is 0.937. The minimum atomic E-state index is -0.263. The van der Waals surface area contributed by atoms with E-state index in [4.69, 9.17) is 4.42 Å². The fraction of sp³-hybridized carbons (Fsp3) is 0.429. The van der Waals surface area contributed by atoms with Crippen molar-refractivity contribution >= 4 is 11.7 Å². The van der Waals surface area contributed by atoms with Crippen LogP contribution in [-0.4, -0.2) is 25.7 Å². The van der Waals surface area contributed by atoms with Gasteiger partial charge in [0.15, 0.2) is 5.76 Å². The number of amides is 1. The van der Waals surface area contributed by atoms with Gasteiger partial charge in [0.2, 0.25) is 11.9 Å². The van der Waals surface area contributed by atoms with Crippen LogP contribution in [0.25, 0.3) is 17.4 Å². The molecule has 1 fully saturated rings. The second-order valence-corrected chi connectivity index (χ2v) is 7.47. The van der Waals surface area contributed by atoms with Gasteiger partial charge in [-0.1, -0.05) is 26.2 Å². The van der Waals surface area contributed by atoms with Gasteiger partial charge >= 0.3 is 0 Å². The van der Waals surface area contributed by atoms with E-state index in [0.717, 1.165) is 12.8 Å². The molecule has 0 bridgehead atoms. The number of hydrogen-bond donors (Lipinski definition) is 2. The van der Waals surface area contributed by atoms with Gasteiger partial charge in [0, 0.05) is 24.2 Å². The number of aromatic amines is 1. The molecular weight excluding hydrogens is 370 g/mol. The van der Waals surface area contributed by atoms with E-state index in [9.17, 15) is 9.59 Å². The number of aryl methyl sites for hydroxylation is 1. The first-order chi connectivity index (χ1) is 14.1. The molecule has 3 heterocycles. The Kier molecular flexibility index (Phi) is 5.59. The van der Waals surface area contributed by atoms with Crippen molar-refractivity contribution in [2.24, 2.45) is 5.92 Å². The van der Waals surface area contributed by atoms with E-state index in [0.29, 0.717) is 41.7 Å². The number of H-pyrrole nitrogens is 1. The SMILES string of the molecule is CCc1cc(=O)[nH]c(-n2nc(-c3ccco3)cc2NC(=O)CC2CCCCC2)n1. The molecule has 152 valence electrons. The highest BCUT2D eigenvalue weighted by atomic mass is 16.3. The molecular formula is C21H25N5O3. The molecule has 1 saturated carbocycles. The van der Waals surface area contributed by atoms with E-state index < -0.39 is 0 Å². The predicted octanol–water partition coefficient (Wildman–Crippen LogP) is 3.69. The molecule has 1 aliphatic carbocycles. The Morgan fingerprint density at radius 2 is 2.14 bits per heavy atom. The van der Waals surface area contributed by atoms with Gasteiger partial charge in [-0.3, -0.25) is 14.6 Å². The summed E-state index contributed by atoms with van der Waals surface area (Å²) in [5.74, 6) is 1.65. The number of carbonyl (C=O) groups excluding carboxylic acids is 1. The van der Waals surface area contributed by atoms with Crippen molar-refractivity contribution in [3.05, 3.63) is 46.6 Å². The average molecular weight is 395 g/mol. The minimum Gasteiger partial charge on any atom is -0.463 e. The van der Waals surface area contributed by atoms with Crippen LogP contribution in [-0.2, 0) is 11.2 Å². The van der Waals surface area contributed by atoms with Gasteiger partial charge in [0.25, 0.3) is 5.56 Å². The first-order valence-electron chi connectivity index (χ1n) is 10.2. The van der Waals surface area contributed by atoms with Gasteiger partial charge < -0.3 is 9.73 Å². The Balaban J connectivity index is 1.65. The molecule has 0 aromatic carbocycles. The summed E-state index contributed by atoms with van der Waals surface area (Å²) in [7, 11) is 0. The Bertz CT molecular complexity index is 1030. The maximum Gasteiger partial charge on any atom is 0.252 e. The van der Waals surface area contributed by atoms with Crippen molar-refractivity contribution < 1.29 is 9.21 Å². The van der Waals surface area contributed by atoms with E-state index in [1.165, 1.54) is 30.0 Å². The third kappa shape index (κ3) is 4.47. The highest BCUT2D eigenvalue weighted by Crippen LogP contribution is 2.28. The summed E-state index contributed by atoms with van der Waals surface area (Å²) >= 11 is 0. The lowest BCUT2D eigenvalue weighted by Crippen LogP contribution is -2.21. The summed E-state index contributed by atoms with van der Waals surface area (Å²) < 4.78 is 6.89. The molecule has 0 aliphatic heterocycles. The van der Waals surface area contributed by atoms with Crippen molar-refractivity contribution in [3.8, 4) is 17.4 Å². The second kappa shape index (κ2) is 8.46. The first kappa shape index (κ1) is 19.2. The highest BCUT2D eigenvalue weighted by Gasteiger charge is 2.20. The lowest BCUT2D eigenvalue weighted by Gasteiger charge is -2.20. The summed E-state index contributed by atoms with van der Waals surface area (Å²) in [6.45, 7) is 1.93. The predicted molar refractivity (Wildman–Crippen MR) is 109 cm³/mol. The van der Waals surface area contributed by atoms with Crippen molar-refractivity contribution in [2.45, 2.75) is 51.9 Å². The summed E-state index contributed by atoms with van der Waals surface area (Å²) in [5, 5.41) is 7.47. The minimum absolute atomic E-state index is 0.0574. The van der Waals surface area contributed by atoms with Gasteiger partial charge in [-0.2, -0.15) is 9.78 Å². The van der Waals surface area contributed by atoms with Crippen LogP contribution in [0.1, 0.15) is 51.1 Å². The standard InChI is InChI=1S/C21H25N5O3/c1-2-15-12-20(28)24-21(22-15)26-18(13-16(25-26)17-9-6-10-29-17)23-19(27)11-14-7-4-3-5-8-14/h6,9-10,12-14H,2-5,7-8,11H2,1H3,(H,23,27)(H,22,24,28). The third-order valence-electron chi connectivity index (χ3n) is 5.29. The Morgan fingerprint density at radius 3 is 2.86 bits per heavy atom. The fourth-order valence-electron chi connectivity index (χ4n) is 3.80. The van der Waals surface area contributed by atoms with E-state index in [1.54, 1.807) is 24.5 Å².